The van der Waals surface area contributed by atoms with Crippen LogP contribution in [0.4, 0.5) is 14.9 Å². The number of alkyl carbamates (subject to hydrolysis) is 1. The van der Waals surface area contributed by atoms with E-state index in [9.17, 15) is 19.2 Å². The first-order chi connectivity index (χ1) is 14.4. The molecular formula is C21H22FN3O5. The summed E-state index contributed by atoms with van der Waals surface area (Å²) >= 11 is 0. The van der Waals surface area contributed by atoms with Crippen molar-refractivity contribution in [2.75, 3.05) is 18.6 Å². The standard InChI is InChI=1S/C21H22FN3O5/c1-20-8-14(24-19(27)28-2)21(30-20)5-6-29-18-16(21)15(20)17(26)25(18)13-4-3-11(10-23)12(7-13)9-22/h3-4,7,14-16,18H,5-6,8-9H2,1-2H3,(H,24,27)/t14-,15+,16-,18-,20+,21-/m0/s1. The first-order valence-corrected chi connectivity index (χ1v) is 9.97. The number of ether oxygens (including phenoxy) is 3. The zero-order valence-electron chi connectivity index (χ0n) is 16.7. The van der Waals surface area contributed by atoms with Gasteiger partial charge in [-0.2, -0.15) is 5.26 Å². The third-order valence-electron chi connectivity index (χ3n) is 7.16. The van der Waals surface area contributed by atoms with E-state index >= 15 is 0 Å². The third-order valence-corrected chi connectivity index (χ3v) is 7.16. The van der Waals surface area contributed by atoms with E-state index < -0.39 is 36.1 Å². The molecule has 4 saturated heterocycles. The first kappa shape index (κ1) is 19.3. The molecule has 5 rings (SSSR count). The van der Waals surface area contributed by atoms with Crippen LogP contribution in [-0.4, -0.2) is 49.2 Å². The Hall–Kier alpha value is -2.70. The fourth-order valence-electron chi connectivity index (χ4n) is 6.04. The first-order valence-electron chi connectivity index (χ1n) is 9.97. The molecule has 1 N–H and O–H groups in total. The Bertz CT molecular complexity index is 980. The molecule has 9 heteroatoms. The maximum absolute atomic E-state index is 13.6. The van der Waals surface area contributed by atoms with Crippen molar-refractivity contribution in [2.45, 2.75) is 49.9 Å². The van der Waals surface area contributed by atoms with Gasteiger partial charge in [-0.25, -0.2) is 9.18 Å². The Labute approximate surface area is 172 Å². The molecule has 0 aliphatic carbocycles. The number of amides is 2. The predicted octanol–water partition coefficient (Wildman–Crippen LogP) is 2.01. The Kier molecular flexibility index (Phi) is 4.11. The normalized spacial score (nSPS) is 38.3. The van der Waals surface area contributed by atoms with Gasteiger partial charge in [0.1, 0.15) is 12.9 Å². The second kappa shape index (κ2) is 6.40. The van der Waals surface area contributed by atoms with Crippen LogP contribution in [0.2, 0.25) is 0 Å². The second-order valence-corrected chi connectivity index (χ2v) is 8.57. The highest BCUT2D eigenvalue weighted by Crippen LogP contribution is 2.65. The monoisotopic (exact) mass is 415 g/mol. The Balaban J connectivity index is 1.56. The van der Waals surface area contributed by atoms with E-state index in [-0.39, 0.29) is 29.0 Å². The SMILES string of the molecule is COC(=O)N[C@H]1C[C@@]2(C)O[C@@]13CCO[C@H]1[C@@H]3[C@@H]2C(=O)N1c1ccc(C#N)c(CF)c1. The number of nitriles is 1. The topological polar surface area (TPSA) is 101 Å². The molecule has 0 radical (unpaired) electrons. The molecule has 4 heterocycles. The number of benzene rings is 1. The summed E-state index contributed by atoms with van der Waals surface area (Å²) in [5.74, 6) is -0.839. The Morgan fingerprint density at radius 1 is 1.50 bits per heavy atom. The van der Waals surface area contributed by atoms with Gasteiger partial charge in [-0.05, 0) is 25.1 Å². The maximum Gasteiger partial charge on any atom is 0.407 e. The van der Waals surface area contributed by atoms with Crippen molar-refractivity contribution in [3.05, 3.63) is 29.3 Å². The molecule has 2 bridgehead atoms. The van der Waals surface area contributed by atoms with Gasteiger partial charge in [0.25, 0.3) is 0 Å². The van der Waals surface area contributed by atoms with E-state index in [1.165, 1.54) is 19.2 Å². The van der Waals surface area contributed by atoms with Crippen molar-refractivity contribution < 1.29 is 28.2 Å². The number of methoxy groups -OCH3 is 1. The molecule has 0 saturated carbocycles. The number of nitrogens with zero attached hydrogens (tertiary/aromatic N) is 2. The number of halogens is 1. The second-order valence-electron chi connectivity index (χ2n) is 8.57. The van der Waals surface area contributed by atoms with Crippen molar-refractivity contribution in [1.82, 2.24) is 5.32 Å². The average Bonchev–Trinajstić information content (AvgIpc) is 3.31. The zero-order valence-corrected chi connectivity index (χ0v) is 16.7. The van der Waals surface area contributed by atoms with Crippen LogP contribution >= 0.6 is 0 Å². The van der Waals surface area contributed by atoms with Crippen molar-refractivity contribution in [2.24, 2.45) is 11.8 Å². The summed E-state index contributed by atoms with van der Waals surface area (Å²) in [6, 6.07) is 6.39. The Morgan fingerprint density at radius 2 is 2.30 bits per heavy atom. The van der Waals surface area contributed by atoms with Crippen LogP contribution in [0.15, 0.2) is 18.2 Å². The molecule has 4 aliphatic heterocycles. The number of fused-ring (bicyclic) bond motifs is 2. The lowest BCUT2D eigenvalue weighted by molar-refractivity contribution is -0.143. The lowest BCUT2D eigenvalue weighted by atomic mass is 9.64. The maximum atomic E-state index is 13.6. The summed E-state index contributed by atoms with van der Waals surface area (Å²) in [5.41, 5.74) is -0.489. The van der Waals surface area contributed by atoms with Crippen LogP contribution in [0.1, 0.15) is 30.9 Å². The molecule has 1 aromatic rings. The fourth-order valence-corrected chi connectivity index (χ4v) is 6.04. The smallest absolute Gasteiger partial charge is 0.407 e. The number of hydrogen-bond donors (Lipinski definition) is 1. The molecule has 4 aliphatic rings. The molecule has 1 spiro atoms. The van der Waals surface area contributed by atoms with E-state index in [4.69, 9.17) is 14.2 Å². The van der Waals surface area contributed by atoms with E-state index in [0.29, 0.717) is 25.1 Å². The molecule has 30 heavy (non-hydrogen) atoms. The van der Waals surface area contributed by atoms with Crippen LogP contribution < -0.4 is 10.2 Å². The number of carbonyl (C=O) groups is 2. The molecule has 4 fully saturated rings. The number of rotatable bonds is 3. The summed E-state index contributed by atoms with van der Waals surface area (Å²) in [6.07, 6.45) is -0.0621. The van der Waals surface area contributed by atoms with Gasteiger partial charge < -0.3 is 19.5 Å². The molecule has 6 atom stereocenters. The number of anilines is 1. The molecule has 0 aromatic heterocycles. The summed E-state index contributed by atoms with van der Waals surface area (Å²) in [7, 11) is 1.31. The van der Waals surface area contributed by atoms with E-state index in [1.807, 2.05) is 13.0 Å². The Morgan fingerprint density at radius 3 is 3.00 bits per heavy atom. The van der Waals surface area contributed by atoms with Crippen LogP contribution in [0.3, 0.4) is 0 Å². The summed E-state index contributed by atoms with van der Waals surface area (Å²) < 4.78 is 30.8. The highest BCUT2D eigenvalue weighted by Gasteiger charge is 2.78. The van der Waals surface area contributed by atoms with Crippen LogP contribution in [0, 0.1) is 23.2 Å². The van der Waals surface area contributed by atoms with Crippen LogP contribution in [0.25, 0.3) is 0 Å². The van der Waals surface area contributed by atoms with Gasteiger partial charge in [0.2, 0.25) is 5.91 Å². The highest BCUT2D eigenvalue weighted by atomic mass is 19.1. The largest absolute Gasteiger partial charge is 0.453 e. The van der Waals surface area contributed by atoms with Crippen molar-refractivity contribution in [3.63, 3.8) is 0 Å². The molecular weight excluding hydrogens is 393 g/mol. The molecule has 8 nitrogen and oxygen atoms in total. The number of hydrogen-bond acceptors (Lipinski definition) is 6. The van der Waals surface area contributed by atoms with E-state index in [0.717, 1.165) is 0 Å². The summed E-state index contributed by atoms with van der Waals surface area (Å²) in [5, 5.41) is 12.1. The van der Waals surface area contributed by atoms with Crippen LogP contribution in [-0.2, 0) is 25.7 Å². The summed E-state index contributed by atoms with van der Waals surface area (Å²) in [6.45, 7) is 1.47. The van der Waals surface area contributed by atoms with Gasteiger partial charge in [0, 0.05) is 24.1 Å². The van der Waals surface area contributed by atoms with Gasteiger partial charge in [0.05, 0.1) is 54.4 Å². The number of carbonyl (C=O) groups excluding carboxylic acids is 2. The molecule has 1 aromatic carbocycles. The van der Waals surface area contributed by atoms with Gasteiger partial charge in [0.15, 0.2) is 0 Å². The van der Waals surface area contributed by atoms with Crippen molar-refractivity contribution in [3.8, 4) is 6.07 Å². The third kappa shape index (κ3) is 2.32. The van der Waals surface area contributed by atoms with Crippen molar-refractivity contribution >= 4 is 17.7 Å². The van der Waals surface area contributed by atoms with Crippen molar-refractivity contribution in [1.29, 1.82) is 5.26 Å². The minimum atomic E-state index is -0.799. The predicted molar refractivity (Wildman–Crippen MR) is 101 cm³/mol. The van der Waals surface area contributed by atoms with E-state index in [2.05, 4.69) is 5.32 Å². The molecule has 2 amide bonds. The summed E-state index contributed by atoms with van der Waals surface area (Å²) in [4.78, 5) is 27.1. The minimum Gasteiger partial charge on any atom is -0.453 e. The van der Waals surface area contributed by atoms with Gasteiger partial charge in [-0.3, -0.25) is 9.69 Å². The lowest BCUT2D eigenvalue weighted by Gasteiger charge is -2.45. The van der Waals surface area contributed by atoms with Gasteiger partial charge >= 0.3 is 6.09 Å². The average molecular weight is 415 g/mol. The molecule has 158 valence electrons. The lowest BCUT2D eigenvalue weighted by Crippen LogP contribution is -2.61. The van der Waals surface area contributed by atoms with Crippen LogP contribution in [0.5, 0.6) is 0 Å². The zero-order chi connectivity index (χ0) is 21.3. The van der Waals surface area contributed by atoms with Gasteiger partial charge in [-0.1, -0.05) is 0 Å². The van der Waals surface area contributed by atoms with Gasteiger partial charge in [-0.15, -0.1) is 0 Å². The van der Waals surface area contributed by atoms with E-state index in [1.54, 1.807) is 11.0 Å². The highest BCUT2D eigenvalue weighted by molar-refractivity contribution is 6.00. The molecule has 0 unspecified atom stereocenters. The fraction of sp³-hybridized carbons (Fsp3) is 0.571. The number of alkyl halides is 1. The minimum absolute atomic E-state index is 0.137. The quantitative estimate of drug-likeness (QED) is 0.811. The number of nitrogens with one attached hydrogen (secondary N) is 1.